The third-order valence-corrected chi connectivity index (χ3v) is 6.48. The highest BCUT2D eigenvalue weighted by molar-refractivity contribution is 5.86. The summed E-state index contributed by atoms with van der Waals surface area (Å²) < 4.78 is 231. The standard InChI is InChI=1S/C23H27F17O2/c1-3-4-5-6-7-8-9-10-11-12-14(13(2)15(41)42)16(24,25)17(26,27)18(28,29)19(30,31)20(32,33)21(34,35)22(36,37)23(38,39)40/h14H,2-12H2,1H3,(H,41,42). The SMILES string of the molecule is C=C(C(=O)O)C(CCCCCCCCCCC)C(F)(F)C(F)(F)C(F)(F)C(F)(F)C(F)(F)C(F)(F)C(F)(F)C(F)(F)F. The molecule has 250 valence electrons. The molecule has 0 aromatic heterocycles. The van der Waals surface area contributed by atoms with Crippen molar-refractivity contribution in [2.45, 2.75) is 119 Å². The number of alkyl halides is 17. The minimum Gasteiger partial charge on any atom is -0.478 e. The summed E-state index contributed by atoms with van der Waals surface area (Å²) in [6, 6.07) is 0. The van der Waals surface area contributed by atoms with Gasteiger partial charge in [0.1, 0.15) is 0 Å². The molecule has 19 heteroatoms. The number of hydrogen-bond donors (Lipinski definition) is 1. The fourth-order valence-corrected chi connectivity index (χ4v) is 3.78. The number of halogens is 17. The summed E-state index contributed by atoms with van der Waals surface area (Å²) >= 11 is 0. The van der Waals surface area contributed by atoms with E-state index in [1.165, 1.54) is 0 Å². The normalized spacial score (nSPS) is 15.6. The Balaban J connectivity index is 6.37. The lowest BCUT2D eigenvalue weighted by molar-refractivity contribution is -0.463. The third-order valence-electron chi connectivity index (χ3n) is 6.48. The molecule has 42 heavy (non-hydrogen) atoms. The fourth-order valence-electron chi connectivity index (χ4n) is 3.78. The second-order valence-electron chi connectivity index (χ2n) is 9.57. The largest absolute Gasteiger partial charge is 0.478 e. The molecule has 1 atom stereocenters. The Morgan fingerprint density at radius 1 is 0.548 bits per heavy atom. The van der Waals surface area contributed by atoms with Gasteiger partial charge in [0.15, 0.2) is 0 Å². The lowest BCUT2D eigenvalue weighted by atomic mass is 9.80. The van der Waals surface area contributed by atoms with E-state index in [9.17, 15) is 79.4 Å². The molecule has 2 nitrogen and oxygen atoms in total. The highest BCUT2D eigenvalue weighted by Crippen LogP contribution is 2.65. The first-order valence-electron chi connectivity index (χ1n) is 12.2. The summed E-state index contributed by atoms with van der Waals surface area (Å²) in [5.74, 6) is -63.9. The maximum absolute atomic E-state index is 14.7. The van der Waals surface area contributed by atoms with E-state index >= 15 is 0 Å². The zero-order valence-corrected chi connectivity index (χ0v) is 21.6. The van der Waals surface area contributed by atoms with Crippen LogP contribution in [0.1, 0.15) is 71.1 Å². The second-order valence-corrected chi connectivity index (χ2v) is 9.57. The highest BCUT2D eigenvalue weighted by atomic mass is 19.4. The highest BCUT2D eigenvalue weighted by Gasteiger charge is 2.95. The zero-order chi connectivity index (χ0) is 33.8. The molecule has 0 aliphatic rings. The summed E-state index contributed by atoms with van der Waals surface area (Å²) in [7, 11) is 0. The monoisotopic (exact) mass is 658 g/mol. The summed E-state index contributed by atoms with van der Waals surface area (Å²) in [5.41, 5.74) is -2.03. The van der Waals surface area contributed by atoms with Gasteiger partial charge in [-0.05, 0) is 6.42 Å². The maximum Gasteiger partial charge on any atom is 0.460 e. The van der Waals surface area contributed by atoms with Gasteiger partial charge in [0.25, 0.3) is 0 Å². The predicted molar refractivity (Wildman–Crippen MR) is 113 cm³/mol. The van der Waals surface area contributed by atoms with Crippen molar-refractivity contribution in [2.24, 2.45) is 5.92 Å². The van der Waals surface area contributed by atoms with Crippen LogP contribution in [0, 0.1) is 5.92 Å². The van der Waals surface area contributed by atoms with Crippen molar-refractivity contribution in [1.82, 2.24) is 0 Å². The van der Waals surface area contributed by atoms with Gasteiger partial charge < -0.3 is 5.11 Å². The van der Waals surface area contributed by atoms with E-state index in [1.807, 2.05) is 6.92 Å². The molecular weight excluding hydrogens is 631 g/mol. The van der Waals surface area contributed by atoms with Crippen molar-refractivity contribution < 1.29 is 84.5 Å². The van der Waals surface area contributed by atoms with Crippen LogP contribution in [-0.4, -0.2) is 58.7 Å². The van der Waals surface area contributed by atoms with Crippen LogP contribution in [0.2, 0.25) is 0 Å². The van der Waals surface area contributed by atoms with Crippen molar-refractivity contribution in [3.63, 3.8) is 0 Å². The minimum absolute atomic E-state index is 0.151. The van der Waals surface area contributed by atoms with Crippen LogP contribution in [0.5, 0.6) is 0 Å². The molecule has 0 radical (unpaired) electrons. The van der Waals surface area contributed by atoms with Crippen LogP contribution in [0.4, 0.5) is 74.6 Å². The fraction of sp³-hybridized carbons (Fsp3) is 0.870. The van der Waals surface area contributed by atoms with Crippen LogP contribution >= 0.6 is 0 Å². The number of rotatable bonds is 19. The van der Waals surface area contributed by atoms with Gasteiger partial charge in [-0.15, -0.1) is 0 Å². The molecule has 0 aliphatic carbocycles. The lowest BCUT2D eigenvalue weighted by Gasteiger charge is -2.44. The molecule has 0 saturated heterocycles. The smallest absolute Gasteiger partial charge is 0.460 e. The second kappa shape index (κ2) is 13.3. The molecule has 0 fully saturated rings. The topological polar surface area (TPSA) is 37.3 Å². The van der Waals surface area contributed by atoms with Crippen molar-refractivity contribution in [3.05, 3.63) is 12.2 Å². The third kappa shape index (κ3) is 7.04. The van der Waals surface area contributed by atoms with E-state index in [4.69, 9.17) is 5.11 Å². The predicted octanol–water partition coefficient (Wildman–Crippen LogP) is 10.2. The van der Waals surface area contributed by atoms with Crippen molar-refractivity contribution in [1.29, 1.82) is 0 Å². The molecule has 0 rings (SSSR count). The van der Waals surface area contributed by atoms with Crippen LogP contribution in [0.3, 0.4) is 0 Å². The number of unbranched alkanes of at least 4 members (excludes halogenated alkanes) is 8. The quantitative estimate of drug-likeness (QED) is 0.0853. The van der Waals surface area contributed by atoms with Crippen molar-refractivity contribution in [2.75, 3.05) is 0 Å². The van der Waals surface area contributed by atoms with E-state index < -0.39 is 77.9 Å². The van der Waals surface area contributed by atoms with E-state index in [0.717, 1.165) is 25.7 Å². The van der Waals surface area contributed by atoms with Crippen molar-refractivity contribution >= 4 is 5.97 Å². The average Bonchev–Trinajstić information content (AvgIpc) is 2.83. The van der Waals surface area contributed by atoms with Gasteiger partial charge in [-0.1, -0.05) is 71.3 Å². The van der Waals surface area contributed by atoms with Crippen LogP contribution in [0.25, 0.3) is 0 Å². The first-order chi connectivity index (χ1) is 18.6. The zero-order valence-electron chi connectivity index (χ0n) is 21.6. The van der Waals surface area contributed by atoms with Gasteiger partial charge in [0.2, 0.25) is 0 Å². The summed E-state index contributed by atoms with van der Waals surface area (Å²) in [4.78, 5) is 11.1. The molecule has 0 amide bonds. The summed E-state index contributed by atoms with van der Waals surface area (Å²) in [5, 5.41) is 8.87. The van der Waals surface area contributed by atoms with Gasteiger partial charge in [-0.3, -0.25) is 0 Å². The Morgan fingerprint density at radius 3 is 1.19 bits per heavy atom. The van der Waals surface area contributed by atoms with E-state index in [2.05, 4.69) is 6.58 Å². The first-order valence-corrected chi connectivity index (χ1v) is 12.2. The van der Waals surface area contributed by atoms with Crippen molar-refractivity contribution in [3.8, 4) is 0 Å². The molecule has 0 aliphatic heterocycles. The molecule has 0 aromatic rings. The summed E-state index contributed by atoms with van der Waals surface area (Å²) in [6.45, 7) is 4.37. The molecular formula is C23H27F17O2. The van der Waals surface area contributed by atoms with Gasteiger partial charge in [0.05, 0.1) is 5.92 Å². The van der Waals surface area contributed by atoms with Crippen LogP contribution in [-0.2, 0) is 4.79 Å². The lowest BCUT2D eigenvalue weighted by Crippen LogP contribution is -2.75. The Labute approximate surface area is 228 Å². The summed E-state index contributed by atoms with van der Waals surface area (Å²) in [6.07, 6.45) is -5.53. The minimum atomic E-state index is -8.74. The maximum atomic E-state index is 14.7. The van der Waals surface area contributed by atoms with E-state index in [0.29, 0.717) is 12.8 Å². The van der Waals surface area contributed by atoms with Gasteiger partial charge in [-0.2, -0.15) is 74.6 Å². The number of hydrogen-bond acceptors (Lipinski definition) is 1. The molecule has 0 aromatic carbocycles. The molecule has 1 N–H and O–H groups in total. The van der Waals surface area contributed by atoms with Crippen LogP contribution in [0.15, 0.2) is 12.2 Å². The Morgan fingerprint density at radius 2 is 0.857 bits per heavy atom. The van der Waals surface area contributed by atoms with E-state index in [1.54, 1.807) is 0 Å². The molecule has 0 bridgehead atoms. The molecule has 0 heterocycles. The number of carboxylic acids is 1. The van der Waals surface area contributed by atoms with Crippen LogP contribution < -0.4 is 0 Å². The average molecular weight is 658 g/mol. The van der Waals surface area contributed by atoms with Gasteiger partial charge in [-0.25, -0.2) is 4.79 Å². The number of aliphatic carboxylic acids is 1. The van der Waals surface area contributed by atoms with Gasteiger partial charge in [0, 0.05) is 5.57 Å². The Bertz CT molecular complexity index is 909. The Kier molecular flexibility index (Phi) is 12.7. The Hall–Kier alpha value is -1.98. The number of carboxylic acid groups (broad SMARTS) is 1. The van der Waals surface area contributed by atoms with E-state index in [-0.39, 0.29) is 12.8 Å². The molecule has 1 unspecified atom stereocenters. The molecule has 0 spiro atoms. The van der Waals surface area contributed by atoms with Gasteiger partial charge >= 0.3 is 53.6 Å². The number of carbonyl (C=O) groups is 1. The molecule has 0 saturated carbocycles. The first kappa shape index (κ1) is 40.0.